The van der Waals surface area contributed by atoms with Gasteiger partial charge in [-0.15, -0.1) is 0 Å². The Hall–Kier alpha value is -4.53. The molecule has 0 saturated heterocycles. The molecule has 0 heterocycles. The standard InChI is InChI=1S/C24H22N4O5/c1-17-6-10-20(11-7-17)26-24(30)16-33-21-12-8-18(9-13-21)15-25-27-23(29)14-19-4-2-3-5-22(19)28(31)32/h2-13,15H,14,16H2,1H3,(H,26,30)(H,27,29). The Bertz CT molecular complexity index is 1160. The van der Waals surface area contributed by atoms with E-state index < -0.39 is 10.8 Å². The number of nitro groups is 1. The van der Waals surface area contributed by atoms with E-state index in [0.717, 1.165) is 5.56 Å². The lowest BCUT2D eigenvalue weighted by molar-refractivity contribution is -0.385. The molecule has 2 amide bonds. The first-order valence-corrected chi connectivity index (χ1v) is 10.0. The van der Waals surface area contributed by atoms with Crippen LogP contribution >= 0.6 is 0 Å². The fourth-order valence-corrected chi connectivity index (χ4v) is 2.86. The number of benzene rings is 3. The highest BCUT2D eigenvalue weighted by atomic mass is 16.6. The molecule has 0 aliphatic heterocycles. The molecule has 0 radical (unpaired) electrons. The van der Waals surface area contributed by atoms with E-state index in [0.29, 0.717) is 22.6 Å². The number of ether oxygens (including phenoxy) is 1. The second kappa shape index (κ2) is 11.2. The number of hydrogen-bond acceptors (Lipinski definition) is 6. The summed E-state index contributed by atoms with van der Waals surface area (Å²) in [7, 11) is 0. The van der Waals surface area contributed by atoms with Crippen molar-refractivity contribution in [2.24, 2.45) is 5.10 Å². The lowest BCUT2D eigenvalue weighted by Gasteiger charge is -2.08. The van der Waals surface area contributed by atoms with E-state index in [1.165, 1.54) is 18.3 Å². The van der Waals surface area contributed by atoms with Crippen molar-refractivity contribution in [3.8, 4) is 5.75 Å². The summed E-state index contributed by atoms with van der Waals surface area (Å²) in [5, 5.41) is 17.6. The largest absolute Gasteiger partial charge is 0.484 e. The molecule has 33 heavy (non-hydrogen) atoms. The minimum absolute atomic E-state index is 0.111. The smallest absolute Gasteiger partial charge is 0.273 e. The fourth-order valence-electron chi connectivity index (χ4n) is 2.86. The molecule has 0 fully saturated rings. The first-order valence-electron chi connectivity index (χ1n) is 10.0. The van der Waals surface area contributed by atoms with Gasteiger partial charge in [-0.1, -0.05) is 35.9 Å². The van der Waals surface area contributed by atoms with Crippen molar-refractivity contribution >= 4 is 29.4 Å². The molecular formula is C24H22N4O5. The number of nitrogens with one attached hydrogen (secondary N) is 2. The Balaban J connectivity index is 1.45. The third-order valence-electron chi connectivity index (χ3n) is 4.53. The molecule has 3 aromatic carbocycles. The van der Waals surface area contributed by atoms with Crippen molar-refractivity contribution in [2.45, 2.75) is 13.3 Å². The molecule has 0 spiro atoms. The van der Waals surface area contributed by atoms with Crippen molar-refractivity contribution in [3.63, 3.8) is 0 Å². The summed E-state index contributed by atoms with van der Waals surface area (Å²) in [6, 6.07) is 20.3. The highest BCUT2D eigenvalue weighted by Gasteiger charge is 2.15. The van der Waals surface area contributed by atoms with Crippen LogP contribution in [0.4, 0.5) is 11.4 Å². The van der Waals surface area contributed by atoms with Crippen LogP contribution in [0.5, 0.6) is 5.75 Å². The maximum atomic E-state index is 12.0. The van der Waals surface area contributed by atoms with Gasteiger partial charge in [0.1, 0.15) is 5.75 Å². The normalized spacial score (nSPS) is 10.6. The average Bonchev–Trinajstić information content (AvgIpc) is 2.80. The molecule has 0 aromatic heterocycles. The van der Waals surface area contributed by atoms with Gasteiger partial charge in [-0.2, -0.15) is 5.10 Å². The Morgan fingerprint density at radius 1 is 1.00 bits per heavy atom. The van der Waals surface area contributed by atoms with Crippen molar-refractivity contribution in [2.75, 3.05) is 11.9 Å². The summed E-state index contributed by atoms with van der Waals surface area (Å²) in [5.41, 5.74) is 5.04. The van der Waals surface area contributed by atoms with Crippen molar-refractivity contribution in [3.05, 3.63) is 99.6 Å². The number of nitrogens with zero attached hydrogens (tertiary/aromatic N) is 2. The molecule has 9 nitrogen and oxygen atoms in total. The second-order valence-corrected chi connectivity index (χ2v) is 7.13. The van der Waals surface area contributed by atoms with Crippen LogP contribution in [0.25, 0.3) is 0 Å². The van der Waals surface area contributed by atoms with Crippen LogP contribution in [-0.2, 0) is 16.0 Å². The van der Waals surface area contributed by atoms with Gasteiger partial charge in [0, 0.05) is 17.3 Å². The van der Waals surface area contributed by atoms with Crippen LogP contribution in [0.1, 0.15) is 16.7 Å². The number of para-hydroxylation sites is 1. The maximum Gasteiger partial charge on any atom is 0.273 e. The van der Waals surface area contributed by atoms with E-state index >= 15 is 0 Å². The zero-order valence-corrected chi connectivity index (χ0v) is 17.9. The molecule has 0 aliphatic rings. The molecule has 2 N–H and O–H groups in total. The van der Waals surface area contributed by atoms with E-state index in [-0.39, 0.29) is 24.6 Å². The van der Waals surface area contributed by atoms with E-state index in [2.05, 4.69) is 15.8 Å². The van der Waals surface area contributed by atoms with Crippen molar-refractivity contribution in [1.82, 2.24) is 5.43 Å². The summed E-state index contributed by atoms with van der Waals surface area (Å²) in [5.74, 6) is -0.238. The minimum atomic E-state index is -0.526. The molecule has 0 bridgehead atoms. The minimum Gasteiger partial charge on any atom is -0.484 e. The van der Waals surface area contributed by atoms with Gasteiger partial charge in [-0.25, -0.2) is 5.43 Å². The van der Waals surface area contributed by atoms with E-state index in [1.54, 1.807) is 36.4 Å². The first-order chi connectivity index (χ1) is 15.9. The molecule has 3 aromatic rings. The zero-order chi connectivity index (χ0) is 23.6. The van der Waals surface area contributed by atoms with Crippen molar-refractivity contribution in [1.29, 1.82) is 0 Å². The number of carbonyl (C=O) groups excluding carboxylic acids is 2. The van der Waals surface area contributed by atoms with Gasteiger partial charge < -0.3 is 10.1 Å². The van der Waals surface area contributed by atoms with Crippen LogP contribution in [0.2, 0.25) is 0 Å². The highest BCUT2D eigenvalue weighted by Crippen LogP contribution is 2.18. The van der Waals surface area contributed by atoms with Gasteiger partial charge in [0.15, 0.2) is 6.61 Å². The number of nitro benzene ring substituents is 1. The predicted molar refractivity (Wildman–Crippen MR) is 124 cm³/mol. The molecule has 0 saturated carbocycles. The Morgan fingerprint density at radius 3 is 2.39 bits per heavy atom. The van der Waals surface area contributed by atoms with E-state index in [1.807, 2.05) is 31.2 Å². The van der Waals surface area contributed by atoms with Gasteiger partial charge >= 0.3 is 0 Å². The summed E-state index contributed by atoms with van der Waals surface area (Å²) in [6.07, 6.45) is 1.27. The molecule has 9 heteroatoms. The third-order valence-corrected chi connectivity index (χ3v) is 4.53. The summed E-state index contributed by atoms with van der Waals surface area (Å²) >= 11 is 0. The number of hydrazone groups is 1. The lowest BCUT2D eigenvalue weighted by Crippen LogP contribution is -2.20. The summed E-state index contributed by atoms with van der Waals surface area (Å²) in [6.45, 7) is 1.83. The number of hydrogen-bond donors (Lipinski definition) is 2. The zero-order valence-electron chi connectivity index (χ0n) is 17.9. The number of rotatable bonds is 9. The average molecular weight is 446 g/mol. The Labute approximate surface area is 190 Å². The van der Waals surface area contributed by atoms with Crippen LogP contribution in [0, 0.1) is 17.0 Å². The Kier molecular flexibility index (Phi) is 7.85. The quantitative estimate of drug-likeness (QED) is 0.295. The van der Waals surface area contributed by atoms with Crippen LogP contribution < -0.4 is 15.5 Å². The molecular weight excluding hydrogens is 424 g/mol. The Morgan fingerprint density at radius 2 is 1.70 bits per heavy atom. The highest BCUT2D eigenvalue weighted by molar-refractivity contribution is 5.91. The van der Waals surface area contributed by atoms with Gasteiger partial charge in [0.05, 0.1) is 17.6 Å². The lowest BCUT2D eigenvalue weighted by atomic mass is 10.1. The van der Waals surface area contributed by atoms with Crippen LogP contribution in [0.3, 0.4) is 0 Å². The predicted octanol–water partition coefficient (Wildman–Crippen LogP) is 3.61. The maximum absolute atomic E-state index is 12.0. The van der Waals surface area contributed by atoms with E-state index in [9.17, 15) is 19.7 Å². The van der Waals surface area contributed by atoms with Crippen molar-refractivity contribution < 1.29 is 19.2 Å². The SMILES string of the molecule is Cc1ccc(NC(=O)COc2ccc(C=NNC(=O)Cc3ccccc3[N+](=O)[O-])cc2)cc1. The molecule has 0 aliphatic carbocycles. The fraction of sp³-hybridized carbons (Fsp3) is 0.125. The van der Waals surface area contributed by atoms with Gasteiger partial charge in [0.2, 0.25) is 5.91 Å². The molecule has 0 atom stereocenters. The second-order valence-electron chi connectivity index (χ2n) is 7.13. The summed E-state index contributed by atoms with van der Waals surface area (Å²) in [4.78, 5) is 34.5. The monoisotopic (exact) mass is 446 g/mol. The summed E-state index contributed by atoms with van der Waals surface area (Å²) < 4.78 is 5.48. The number of anilines is 1. The number of carbonyl (C=O) groups is 2. The van der Waals surface area contributed by atoms with Crippen LogP contribution in [-0.4, -0.2) is 29.6 Å². The molecule has 0 unspecified atom stereocenters. The first kappa shape index (κ1) is 23.1. The van der Waals surface area contributed by atoms with Gasteiger partial charge in [-0.3, -0.25) is 19.7 Å². The van der Waals surface area contributed by atoms with Gasteiger partial charge in [-0.05, 0) is 48.9 Å². The van der Waals surface area contributed by atoms with Crippen LogP contribution in [0.15, 0.2) is 77.9 Å². The topological polar surface area (TPSA) is 123 Å². The molecule has 3 rings (SSSR count). The number of amides is 2. The molecule has 168 valence electrons. The van der Waals surface area contributed by atoms with E-state index in [4.69, 9.17) is 4.74 Å². The van der Waals surface area contributed by atoms with Gasteiger partial charge in [0.25, 0.3) is 11.6 Å². The third kappa shape index (κ3) is 7.28. The number of aryl methyl sites for hydroxylation is 1.